The van der Waals surface area contributed by atoms with Gasteiger partial charge in [-0.25, -0.2) is 0 Å². The number of carboxylic acid groups (broad SMARTS) is 1. The van der Waals surface area contributed by atoms with Gasteiger partial charge in [-0.1, -0.05) is 13.8 Å². The van der Waals surface area contributed by atoms with Gasteiger partial charge >= 0.3 is 5.97 Å². The molecule has 0 unspecified atom stereocenters. The van der Waals surface area contributed by atoms with Gasteiger partial charge in [0.2, 0.25) is 11.8 Å². The molecule has 7 nitrogen and oxygen atoms in total. The third-order valence-electron chi connectivity index (χ3n) is 5.34. The molecule has 2 rings (SSSR count). The number of likely N-dealkylation sites (tertiary alicyclic amines) is 2. The Balaban J connectivity index is 1.93. The van der Waals surface area contributed by atoms with Gasteiger partial charge in [-0.2, -0.15) is 0 Å². The molecule has 2 N–H and O–H groups in total. The van der Waals surface area contributed by atoms with Crippen LogP contribution in [-0.4, -0.2) is 70.4 Å². The van der Waals surface area contributed by atoms with Gasteiger partial charge < -0.3 is 14.9 Å². The Morgan fingerprint density at radius 2 is 2.04 bits per heavy atom. The first-order valence-electron chi connectivity index (χ1n) is 8.84. The van der Waals surface area contributed by atoms with Crippen LogP contribution in [0.4, 0.5) is 0 Å². The molecule has 2 saturated heterocycles. The summed E-state index contributed by atoms with van der Waals surface area (Å²) in [7, 11) is 0. The van der Waals surface area contributed by atoms with Crippen molar-refractivity contribution in [3.63, 3.8) is 0 Å². The van der Waals surface area contributed by atoms with Crippen LogP contribution in [0, 0.1) is 5.92 Å². The predicted molar refractivity (Wildman–Crippen MR) is 89.4 cm³/mol. The molecule has 0 aliphatic carbocycles. The zero-order chi connectivity index (χ0) is 17.9. The summed E-state index contributed by atoms with van der Waals surface area (Å²) >= 11 is 0. The predicted octanol–water partition coefficient (Wildman–Crippen LogP) is 0.689. The van der Waals surface area contributed by atoms with E-state index in [1.165, 1.54) is 0 Å². The van der Waals surface area contributed by atoms with Gasteiger partial charge in [0.05, 0.1) is 12.5 Å². The van der Waals surface area contributed by atoms with Crippen LogP contribution in [-0.2, 0) is 14.4 Å². The number of carboxylic acids is 1. The van der Waals surface area contributed by atoms with Crippen molar-refractivity contribution < 1.29 is 19.5 Å². The van der Waals surface area contributed by atoms with E-state index in [0.29, 0.717) is 26.1 Å². The van der Waals surface area contributed by atoms with Crippen molar-refractivity contribution in [2.24, 2.45) is 5.92 Å². The third kappa shape index (κ3) is 4.06. The number of nitrogens with one attached hydrogen (secondary N) is 1. The molecule has 136 valence electrons. The van der Waals surface area contributed by atoms with Crippen LogP contribution in [0.1, 0.15) is 46.5 Å². The fraction of sp³-hybridized carbons (Fsp3) is 0.824. The molecule has 7 heteroatoms. The van der Waals surface area contributed by atoms with Crippen molar-refractivity contribution in [3.05, 3.63) is 0 Å². The Morgan fingerprint density at radius 1 is 1.38 bits per heavy atom. The Hall–Kier alpha value is -1.63. The van der Waals surface area contributed by atoms with Gasteiger partial charge in [-0.05, 0) is 26.2 Å². The molecule has 0 aromatic heterocycles. The number of carbonyl (C=O) groups excluding carboxylic acids is 2. The highest BCUT2D eigenvalue weighted by Gasteiger charge is 2.42. The molecule has 2 fully saturated rings. The number of rotatable bonds is 7. The lowest BCUT2D eigenvalue weighted by Gasteiger charge is -2.28. The van der Waals surface area contributed by atoms with Gasteiger partial charge in [0, 0.05) is 37.6 Å². The second-order valence-electron chi connectivity index (χ2n) is 7.24. The summed E-state index contributed by atoms with van der Waals surface area (Å²) in [5.41, 5.74) is -0.369. The smallest absolute Gasteiger partial charge is 0.317 e. The molecule has 2 amide bonds. The maximum Gasteiger partial charge on any atom is 0.317 e. The molecule has 0 radical (unpaired) electrons. The highest BCUT2D eigenvalue weighted by Crippen LogP contribution is 2.28. The molecule has 2 atom stereocenters. The fourth-order valence-electron chi connectivity index (χ4n) is 3.82. The van der Waals surface area contributed by atoms with Crippen LogP contribution in [0.2, 0.25) is 0 Å². The molecule has 24 heavy (non-hydrogen) atoms. The largest absolute Gasteiger partial charge is 0.480 e. The first-order chi connectivity index (χ1) is 11.3. The summed E-state index contributed by atoms with van der Waals surface area (Å²) in [6.07, 6.45) is 2.84. The molecular weight excluding hydrogens is 310 g/mol. The van der Waals surface area contributed by atoms with Crippen molar-refractivity contribution >= 4 is 17.8 Å². The number of nitrogens with zero attached hydrogens (tertiary/aromatic N) is 2. The molecule has 2 aliphatic rings. The van der Waals surface area contributed by atoms with E-state index in [9.17, 15) is 14.4 Å². The minimum atomic E-state index is -0.900. The van der Waals surface area contributed by atoms with E-state index in [1.54, 1.807) is 4.90 Å². The van der Waals surface area contributed by atoms with Crippen LogP contribution in [0.25, 0.3) is 0 Å². The average molecular weight is 339 g/mol. The summed E-state index contributed by atoms with van der Waals surface area (Å²) < 4.78 is 0. The lowest BCUT2D eigenvalue weighted by Crippen LogP contribution is -2.48. The van der Waals surface area contributed by atoms with Crippen molar-refractivity contribution in [1.29, 1.82) is 0 Å². The minimum absolute atomic E-state index is 0.0256. The van der Waals surface area contributed by atoms with Gasteiger partial charge in [-0.15, -0.1) is 0 Å². The molecule has 0 aromatic carbocycles. The SMILES string of the molecule is CCC(CC)N1C[C@@H](C(=O)N2CC[C@](C)(NCC(=O)O)C2)CC1=O. The van der Waals surface area contributed by atoms with Crippen LogP contribution >= 0.6 is 0 Å². The van der Waals surface area contributed by atoms with Gasteiger partial charge in [-0.3, -0.25) is 19.7 Å². The molecule has 0 spiro atoms. The van der Waals surface area contributed by atoms with E-state index in [0.717, 1.165) is 19.3 Å². The third-order valence-corrected chi connectivity index (χ3v) is 5.34. The molecule has 2 heterocycles. The Morgan fingerprint density at radius 3 is 2.62 bits per heavy atom. The number of aliphatic carboxylic acids is 1. The Bertz CT molecular complexity index is 506. The number of carbonyl (C=O) groups is 3. The number of hydrogen-bond donors (Lipinski definition) is 2. The van der Waals surface area contributed by atoms with Crippen LogP contribution in [0.5, 0.6) is 0 Å². The molecule has 0 aromatic rings. The van der Waals surface area contributed by atoms with Gasteiger partial charge in [0.25, 0.3) is 0 Å². The van der Waals surface area contributed by atoms with Crippen LogP contribution in [0.15, 0.2) is 0 Å². The second-order valence-corrected chi connectivity index (χ2v) is 7.24. The van der Waals surface area contributed by atoms with Crippen LogP contribution < -0.4 is 5.32 Å². The standard InChI is InChI=1S/C17H29N3O4/c1-4-13(5-2)20-10-12(8-14(20)21)16(24)19-7-6-17(3,11-19)18-9-15(22)23/h12-13,18H,4-11H2,1-3H3,(H,22,23)/t12-,17-/m0/s1. The summed E-state index contributed by atoms with van der Waals surface area (Å²) in [4.78, 5) is 39.4. The Kier molecular flexibility index (Phi) is 5.85. The molecule has 0 bridgehead atoms. The maximum atomic E-state index is 12.8. The lowest BCUT2D eigenvalue weighted by molar-refractivity contribution is -0.136. The lowest BCUT2D eigenvalue weighted by atomic mass is 10.0. The zero-order valence-corrected chi connectivity index (χ0v) is 14.9. The quantitative estimate of drug-likeness (QED) is 0.712. The monoisotopic (exact) mass is 339 g/mol. The Labute approximate surface area is 143 Å². The van der Waals surface area contributed by atoms with Crippen molar-refractivity contribution in [3.8, 4) is 0 Å². The first-order valence-corrected chi connectivity index (χ1v) is 8.84. The summed E-state index contributed by atoms with van der Waals surface area (Å²) in [5, 5.41) is 11.8. The number of amides is 2. The van der Waals surface area contributed by atoms with E-state index in [1.807, 2.05) is 11.8 Å². The van der Waals surface area contributed by atoms with E-state index >= 15 is 0 Å². The maximum absolute atomic E-state index is 12.8. The van der Waals surface area contributed by atoms with Crippen molar-refractivity contribution in [2.75, 3.05) is 26.2 Å². The number of hydrogen-bond acceptors (Lipinski definition) is 4. The highest BCUT2D eigenvalue weighted by atomic mass is 16.4. The van der Waals surface area contributed by atoms with Crippen molar-refractivity contribution in [2.45, 2.75) is 58.0 Å². The topological polar surface area (TPSA) is 90.0 Å². The minimum Gasteiger partial charge on any atom is -0.480 e. The normalized spacial score (nSPS) is 27.3. The summed E-state index contributed by atoms with van der Waals surface area (Å²) in [5.74, 6) is -1.06. The zero-order valence-electron chi connectivity index (χ0n) is 14.9. The first kappa shape index (κ1) is 18.7. The van der Waals surface area contributed by atoms with E-state index in [-0.39, 0.29) is 35.9 Å². The van der Waals surface area contributed by atoms with E-state index in [2.05, 4.69) is 19.2 Å². The van der Waals surface area contributed by atoms with E-state index < -0.39 is 5.97 Å². The summed E-state index contributed by atoms with van der Waals surface area (Å²) in [6.45, 7) is 7.59. The van der Waals surface area contributed by atoms with Crippen molar-refractivity contribution in [1.82, 2.24) is 15.1 Å². The second kappa shape index (κ2) is 7.51. The average Bonchev–Trinajstić information content (AvgIpc) is 3.11. The summed E-state index contributed by atoms with van der Waals surface area (Å²) in [6, 6.07) is 0.219. The molecular formula is C17H29N3O4. The molecule has 0 saturated carbocycles. The van der Waals surface area contributed by atoms with Crippen LogP contribution in [0.3, 0.4) is 0 Å². The molecule has 2 aliphatic heterocycles. The van der Waals surface area contributed by atoms with Gasteiger partial charge in [0.1, 0.15) is 0 Å². The fourth-order valence-corrected chi connectivity index (χ4v) is 3.82. The highest BCUT2D eigenvalue weighted by molar-refractivity contribution is 5.89. The van der Waals surface area contributed by atoms with E-state index in [4.69, 9.17) is 5.11 Å². The van der Waals surface area contributed by atoms with Gasteiger partial charge in [0.15, 0.2) is 0 Å².